The maximum Gasteiger partial charge on any atom is 0.131 e. The van der Waals surface area contributed by atoms with Gasteiger partial charge < -0.3 is 5.32 Å². The molecule has 68 valence electrons. The highest BCUT2D eigenvalue weighted by Gasteiger charge is 1.98. The Kier molecular flexibility index (Phi) is 3.26. The van der Waals surface area contributed by atoms with Crippen molar-refractivity contribution in [3.63, 3.8) is 0 Å². The summed E-state index contributed by atoms with van der Waals surface area (Å²) >= 11 is 0. The fourth-order valence-corrected chi connectivity index (χ4v) is 1.09. The largest absolute Gasteiger partial charge is 0.347 e. The van der Waals surface area contributed by atoms with Gasteiger partial charge in [-0.05, 0) is 13.1 Å². The minimum Gasteiger partial charge on any atom is -0.347 e. The first-order valence-corrected chi connectivity index (χ1v) is 4.19. The van der Waals surface area contributed by atoms with Gasteiger partial charge in [-0.25, -0.2) is 0 Å². The predicted molar refractivity (Wildman–Crippen MR) is 57.0 cm³/mol. The van der Waals surface area contributed by atoms with E-state index in [-0.39, 0.29) is 0 Å². The Morgan fingerprint density at radius 3 is 2.46 bits per heavy atom. The second kappa shape index (κ2) is 4.45. The van der Waals surface area contributed by atoms with Crippen molar-refractivity contribution in [1.29, 1.82) is 0 Å². The number of nitrogens with one attached hydrogen (secondary N) is 1. The standard InChI is InChI=1S/C11H14N2/c1-4-13-11(12-3)10-7-5-9(2)6-8-10/h4-8H,1H2,2-3H3,(H,12,13). The van der Waals surface area contributed by atoms with Crippen LogP contribution in [0.2, 0.25) is 0 Å². The number of rotatable bonds is 2. The monoisotopic (exact) mass is 174 g/mol. The SMILES string of the molecule is C=CNC(=NC)c1ccc(C)cc1. The number of benzene rings is 1. The molecule has 0 fully saturated rings. The summed E-state index contributed by atoms with van der Waals surface area (Å²) in [5.41, 5.74) is 2.32. The summed E-state index contributed by atoms with van der Waals surface area (Å²) in [6, 6.07) is 8.19. The Morgan fingerprint density at radius 2 is 2.00 bits per heavy atom. The number of aryl methyl sites for hydroxylation is 1. The molecule has 0 amide bonds. The van der Waals surface area contributed by atoms with Crippen molar-refractivity contribution >= 4 is 5.84 Å². The van der Waals surface area contributed by atoms with Crippen LogP contribution in [0.25, 0.3) is 0 Å². The van der Waals surface area contributed by atoms with E-state index in [2.05, 4.69) is 35.9 Å². The molecule has 0 aromatic heterocycles. The molecule has 0 spiro atoms. The fourth-order valence-electron chi connectivity index (χ4n) is 1.09. The van der Waals surface area contributed by atoms with Crippen molar-refractivity contribution in [2.24, 2.45) is 4.99 Å². The van der Waals surface area contributed by atoms with Crippen LogP contribution in [-0.4, -0.2) is 12.9 Å². The van der Waals surface area contributed by atoms with Crippen molar-refractivity contribution < 1.29 is 0 Å². The molecule has 0 atom stereocenters. The van der Waals surface area contributed by atoms with Gasteiger partial charge in [-0.15, -0.1) is 0 Å². The van der Waals surface area contributed by atoms with Crippen molar-refractivity contribution in [2.45, 2.75) is 6.92 Å². The number of amidine groups is 1. The molecule has 0 aliphatic rings. The number of nitrogens with zero attached hydrogens (tertiary/aromatic N) is 1. The highest BCUT2D eigenvalue weighted by Crippen LogP contribution is 2.03. The first-order chi connectivity index (χ1) is 6.27. The van der Waals surface area contributed by atoms with Crippen LogP contribution in [0.5, 0.6) is 0 Å². The second-order valence-electron chi connectivity index (χ2n) is 2.79. The third-order valence-corrected chi connectivity index (χ3v) is 1.79. The van der Waals surface area contributed by atoms with Crippen molar-refractivity contribution in [2.75, 3.05) is 7.05 Å². The van der Waals surface area contributed by atoms with Gasteiger partial charge in [0.05, 0.1) is 0 Å². The zero-order valence-electron chi connectivity index (χ0n) is 8.04. The molecule has 0 aliphatic heterocycles. The summed E-state index contributed by atoms with van der Waals surface area (Å²) in [5.74, 6) is 0.843. The number of hydrogen-bond acceptors (Lipinski definition) is 1. The lowest BCUT2D eigenvalue weighted by atomic mass is 10.1. The first kappa shape index (κ1) is 9.52. The Hall–Kier alpha value is -1.57. The fraction of sp³-hybridized carbons (Fsp3) is 0.182. The smallest absolute Gasteiger partial charge is 0.131 e. The van der Waals surface area contributed by atoms with Crippen LogP contribution in [0.15, 0.2) is 42.0 Å². The lowest BCUT2D eigenvalue weighted by Gasteiger charge is -2.04. The van der Waals surface area contributed by atoms with E-state index < -0.39 is 0 Å². The summed E-state index contributed by atoms with van der Waals surface area (Å²) in [6.07, 6.45) is 1.63. The van der Waals surface area contributed by atoms with E-state index in [1.54, 1.807) is 13.2 Å². The molecule has 0 saturated heterocycles. The van der Waals surface area contributed by atoms with E-state index in [1.165, 1.54) is 5.56 Å². The number of hydrogen-bond donors (Lipinski definition) is 1. The van der Waals surface area contributed by atoms with Gasteiger partial charge in [0.2, 0.25) is 0 Å². The van der Waals surface area contributed by atoms with Gasteiger partial charge in [-0.3, -0.25) is 4.99 Å². The summed E-state index contributed by atoms with van der Waals surface area (Å²) in [6.45, 7) is 5.66. The Morgan fingerprint density at radius 1 is 1.38 bits per heavy atom. The van der Waals surface area contributed by atoms with Crippen molar-refractivity contribution in [3.05, 3.63) is 48.2 Å². The molecule has 1 N–H and O–H groups in total. The molecule has 0 radical (unpaired) electrons. The number of aliphatic imine (C=N–C) groups is 1. The maximum absolute atomic E-state index is 4.11. The van der Waals surface area contributed by atoms with Crippen LogP contribution < -0.4 is 5.32 Å². The Balaban J connectivity index is 2.92. The molecule has 2 nitrogen and oxygen atoms in total. The lowest BCUT2D eigenvalue weighted by Crippen LogP contribution is -2.17. The van der Waals surface area contributed by atoms with Crippen molar-refractivity contribution in [3.8, 4) is 0 Å². The van der Waals surface area contributed by atoms with Gasteiger partial charge in [-0.2, -0.15) is 0 Å². The van der Waals surface area contributed by atoms with Crippen LogP contribution >= 0.6 is 0 Å². The molecule has 1 rings (SSSR count). The maximum atomic E-state index is 4.11. The molecule has 0 bridgehead atoms. The van der Waals surface area contributed by atoms with Gasteiger partial charge in [-0.1, -0.05) is 36.4 Å². The van der Waals surface area contributed by atoms with Gasteiger partial charge in [0.1, 0.15) is 5.84 Å². The Labute approximate surface area is 79.0 Å². The summed E-state index contributed by atoms with van der Waals surface area (Å²) < 4.78 is 0. The van der Waals surface area contributed by atoms with E-state index in [1.807, 2.05) is 12.1 Å². The molecule has 0 heterocycles. The van der Waals surface area contributed by atoms with E-state index in [0.717, 1.165) is 11.4 Å². The third kappa shape index (κ3) is 2.44. The minimum absolute atomic E-state index is 0.843. The minimum atomic E-state index is 0.843. The average Bonchev–Trinajstić information content (AvgIpc) is 2.16. The molecular formula is C11H14N2. The molecule has 0 saturated carbocycles. The van der Waals surface area contributed by atoms with Gasteiger partial charge in [0.25, 0.3) is 0 Å². The highest BCUT2D eigenvalue weighted by molar-refractivity contribution is 5.99. The molecule has 0 unspecified atom stereocenters. The zero-order chi connectivity index (χ0) is 9.68. The first-order valence-electron chi connectivity index (χ1n) is 4.19. The third-order valence-electron chi connectivity index (χ3n) is 1.79. The van der Waals surface area contributed by atoms with E-state index >= 15 is 0 Å². The van der Waals surface area contributed by atoms with Crippen LogP contribution in [0.3, 0.4) is 0 Å². The molecule has 13 heavy (non-hydrogen) atoms. The topological polar surface area (TPSA) is 24.4 Å². The van der Waals surface area contributed by atoms with Crippen LogP contribution in [0, 0.1) is 6.92 Å². The molecular weight excluding hydrogens is 160 g/mol. The quantitative estimate of drug-likeness (QED) is 0.539. The molecule has 0 aliphatic carbocycles. The molecule has 1 aromatic rings. The predicted octanol–water partition coefficient (Wildman–Crippen LogP) is 2.10. The Bertz CT molecular complexity index is 309. The van der Waals surface area contributed by atoms with E-state index in [0.29, 0.717) is 0 Å². The van der Waals surface area contributed by atoms with Gasteiger partial charge >= 0.3 is 0 Å². The molecule has 1 aromatic carbocycles. The van der Waals surface area contributed by atoms with Crippen LogP contribution in [0.1, 0.15) is 11.1 Å². The van der Waals surface area contributed by atoms with Crippen molar-refractivity contribution in [1.82, 2.24) is 5.32 Å². The summed E-state index contributed by atoms with van der Waals surface area (Å²) in [7, 11) is 1.76. The normalized spacial score (nSPS) is 11.1. The van der Waals surface area contributed by atoms with Crippen LogP contribution in [-0.2, 0) is 0 Å². The summed E-state index contributed by atoms with van der Waals surface area (Å²) in [5, 5.41) is 2.98. The van der Waals surface area contributed by atoms with Gasteiger partial charge in [0, 0.05) is 12.6 Å². The molecule has 2 heteroatoms. The second-order valence-corrected chi connectivity index (χ2v) is 2.79. The van der Waals surface area contributed by atoms with Gasteiger partial charge in [0.15, 0.2) is 0 Å². The highest BCUT2D eigenvalue weighted by atomic mass is 15.0. The van der Waals surface area contributed by atoms with E-state index in [4.69, 9.17) is 0 Å². The zero-order valence-corrected chi connectivity index (χ0v) is 8.04. The van der Waals surface area contributed by atoms with E-state index in [9.17, 15) is 0 Å². The average molecular weight is 174 g/mol. The van der Waals surface area contributed by atoms with Crippen LogP contribution in [0.4, 0.5) is 0 Å². The summed E-state index contributed by atoms with van der Waals surface area (Å²) in [4.78, 5) is 4.11. The lowest BCUT2D eigenvalue weighted by molar-refractivity contribution is 1.23.